The zero-order valence-electron chi connectivity index (χ0n) is 8.27. The van der Waals surface area contributed by atoms with E-state index in [4.69, 9.17) is 5.73 Å². The van der Waals surface area contributed by atoms with Crippen LogP contribution in [0.4, 0.5) is 0 Å². The molecule has 0 aliphatic carbocycles. The standard InChI is InChI=1S/C10H23N/c1-4-6-7-8-10(5-2)9(3)11/h9-10H,4-8,11H2,1-3H3. The molecule has 0 rings (SSSR count). The molecule has 0 aliphatic rings. The molecule has 1 heteroatoms. The van der Waals surface area contributed by atoms with Gasteiger partial charge in [-0.15, -0.1) is 0 Å². The molecule has 0 spiro atoms. The zero-order chi connectivity index (χ0) is 8.69. The van der Waals surface area contributed by atoms with Crippen molar-refractivity contribution in [1.82, 2.24) is 0 Å². The van der Waals surface area contributed by atoms with E-state index in [1.165, 1.54) is 32.1 Å². The second-order valence-electron chi connectivity index (χ2n) is 3.52. The Kier molecular flexibility index (Phi) is 6.63. The first-order valence-corrected chi connectivity index (χ1v) is 4.97. The summed E-state index contributed by atoms with van der Waals surface area (Å²) in [5.74, 6) is 0.751. The number of hydrogen-bond donors (Lipinski definition) is 1. The minimum atomic E-state index is 0.386. The summed E-state index contributed by atoms with van der Waals surface area (Å²) in [6, 6.07) is 0.386. The molecule has 1 nitrogen and oxygen atoms in total. The molecule has 0 bridgehead atoms. The largest absolute Gasteiger partial charge is 0.328 e. The summed E-state index contributed by atoms with van der Waals surface area (Å²) in [5.41, 5.74) is 5.83. The van der Waals surface area contributed by atoms with E-state index >= 15 is 0 Å². The van der Waals surface area contributed by atoms with Gasteiger partial charge in [0.2, 0.25) is 0 Å². The van der Waals surface area contributed by atoms with Gasteiger partial charge in [0.05, 0.1) is 0 Å². The molecule has 0 aliphatic heterocycles. The summed E-state index contributed by atoms with van der Waals surface area (Å²) < 4.78 is 0. The van der Waals surface area contributed by atoms with Crippen LogP contribution in [-0.4, -0.2) is 6.04 Å². The van der Waals surface area contributed by atoms with E-state index in [9.17, 15) is 0 Å². The van der Waals surface area contributed by atoms with Crippen molar-refractivity contribution in [3.63, 3.8) is 0 Å². The van der Waals surface area contributed by atoms with Crippen LogP contribution in [0.5, 0.6) is 0 Å². The van der Waals surface area contributed by atoms with Crippen LogP contribution >= 0.6 is 0 Å². The molecule has 0 fully saturated rings. The Balaban J connectivity index is 3.36. The molecular formula is C10H23N. The quantitative estimate of drug-likeness (QED) is 0.589. The maximum atomic E-state index is 5.83. The van der Waals surface area contributed by atoms with Crippen LogP contribution in [0.25, 0.3) is 0 Å². The molecule has 2 unspecified atom stereocenters. The maximum absolute atomic E-state index is 5.83. The molecule has 0 aromatic carbocycles. The van der Waals surface area contributed by atoms with Crippen molar-refractivity contribution < 1.29 is 0 Å². The number of unbranched alkanes of at least 4 members (excludes halogenated alkanes) is 2. The Bertz CT molecular complexity index is 78.9. The number of hydrogen-bond acceptors (Lipinski definition) is 1. The van der Waals surface area contributed by atoms with Crippen LogP contribution in [0.1, 0.15) is 52.9 Å². The van der Waals surface area contributed by atoms with Crippen molar-refractivity contribution in [3.8, 4) is 0 Å². The lowest BCUT2D eigenvalue weighted by Gasteiger charge is -2.18. The van der Waals surface area contributed by atoms with E-state index < -0.39 is 0 Å². The molecule has 0 heterocycles. The van der Waals surface area contributed by atoms with Gasteiger partial charge in [-0.3, -0.25) is 0 Å². The van der Waals surface area contributed by atoms with Gasteiger partial charge in [0, 0.05) is 6.04 Å². The molecule has 0 aromatic rings. The van der Waals surface area contributed by atoms with Gasteiger partial charge in [-0.05, 0) is 19.3 Å². The van der Waals surface area contributed by atoms with Gasteiger partial charge < -0.3 is 5.73 Å². The fourth-order valence-electron chi connectivity index (χ4n) is 1.50. The topological polar surface area (TPSA) is 26.0 Å². The van der Waals surface area contributed by atoms with Crippen LogP contribution in [0.2, 0.25) is 0 Å². The average molecular weight is 157 g/mol. The van der Waals surface area contributed by atoms with Crippen LogP contribution < -0.4 is 5.73 Å². The highest BCUT2D eigenvalue weighted by molar-refractivity contribution is 4.66. The van der Waals surface area contributed by atoms with Crippen LogP contribution in [0.15, 0.2) is 0 Å². The fourth-order valence-corrected chi connectivity index (χ4v) is 1.50. The zero-order valence-corrected chi connectivity index (χ0v) is 8.27. The normalized spacial score (nSPS) is 16.4. The fraction of sp³-hybridized carbons (Fsp3) is 1.00. The van der Waals surface area contributed by atoms with E-state index in [1.54, 1.807) is 0 Å². The third-order valence-electron chi connectivity index (χ3n) is 2.45. The lowest BCUT2D eigenvalue weighted by molar-refractivity contribution is 0.385. The monoisotopic (exact) mass is 157 g/mol. The summed E-state index contributed by atoms with van der Waals surface area (Å²) in [6.45, 7) is 6.60. The van der Waals surface area contributed by atoms with E-state index in [-0.39, 0.29) is 0 Å². The lowest BCUT2D eigenvalue weighted by Crippen LogP contribution is -2.25. The van der Waals surface area contributed by atoms with Crippen molar-refractivity contribution in [2.45, 2.75) is 58.9 Å². The van der Waals surface area contributed by atoms with Gasteiger partial charge in [-0.2, -0.15) is 0 Å². The molecule has 0 radical (unpaired) electrons. The van der Waals surface area contributed by atoms with Gasteiger partial charge in [-0.1, -0.05) is 39.5 Å². The highest BCUT2D eigenvalue weighted by Crippen LogP contribution is 2.15. The lowest BCUT2D eigenvalue weighted by atomic mass is 9.93. The van der Waals surface area contributed by atoms with Gasteiger partial charge in [0.15, 0.2) is 0 Å². The minimum Gasteiger partial charge on any atom is -0.328 e. The van der Waals surface area contributed by atoms with Gasteiger partial charge in [0.1, 0.15) is 0 Å². The maximum Gasteiger partial charge on any atom is 0.00386 e. The van der Waals surface area contributed by atoms with Crippen molar-refractivity contribution in [2.24, 2.45) is 11.7 Å². The predicted molar refractivity (Wildman–Crippen MR) is 51.6 cm³/mol. The molecular weight excluding hydrogens is 134 g/mol. The molecule has 2 N–H and O–H groups in total. The second-order valence-corrected chi connectivity index (χ2v) is 3.52. The third-order valence-corrected chi connectivity index (χ3v) is 2.45. The van der Waals surface area contributed by atoms with E-state index in [1.807, 2.05) is 0 Å². The van der Waals surface area contributed by atoms with E-state index in [0.717, 1.165) is 5.92 Å². The summed E-state index contributed by atoms with van der Waals surface area (Å²) in [7, 11) is 0. The van der Waals surface area contributed by atoms with Crippen molar-refractivity contribution in [3.05, 3.63) is 0 Å². The van der Waals surface area contributed by atoms with Gasteiger partial charge in [-0.25, -0.2) is 0 Å². The highest BCUT2D eigenvalue weighted by atomic mass is 14.6. The minimum absolute atomic E-state index is 0.386. The summed E-state index contributed by atoms with van der Waals surface area (Å²) >= 11 is 0. The Morgan fingerprint density at radius 3 is 2.18 bits per heavy atom. The molecule has 2 atom stereocenters. The SMILES string of the molecule is CCCCCC(CC)C(C)N. The predicted octanol–water partition coefficient (Wildman–Crippen LogP) is 2.94. The first kappa shape index (κ1) is 11.0. The van der Waals surface area contributed by atoms with Crippen LogP contribution in [0, 0.1) is 5.92 Å². The number of nitrogens with two attached hydrogens (primary N) is 1. The van der Waals surface area contributed by atoms with Crippen molar-refractivity contribution in [2.75, 3.05) is 0 Å². The summed E-state index contributed by atoms with van der Waals surface area (Å²) in [4.78, 5) is 0. The molecule has 0 aromatic heterocycles. The van der Waals surface area contributed by atoms with E-state index in [2.05, 4.69) is 20.8 Å². The van der Waals surface area contributed by atoms with Crippen LogP contribution in [0.3, 0.4) is 0 Å². The van der Waals surface area contributed by atoms with Crippen molar-refractivity contribution in [1.29, 1.82) is 0 Å². The third kappa shape index (κ3) is 5.25. The Hall–Kier alpha value is -0.0400. The Labute approximate surface area is 71.4 Å². The Morgan fingerprint density at radius 2 is 1.82 bits per heavy atom. The number of rotatable bonds is 6. The van der Waals surface area contributed by atoms with Crippen LogP contribution in [-0.2, 0) is 0 Å². The van der Waals surface area contributed by atoms with Gasteiger partial charge >= 0.3 is 0 Å². The molecule has 68 valence electrons. The molecule has 0 saturated carbocycles. The van der Waals surface area contributed by atoms with E-state index in [0.29, 0.717) is 6.04 Å². The first-order chi connectivity index (χ1) is 5.22. The van der Waals surface area contributed by atoms with Gasteiger partial charge in [0.25, 0.3) is 0 Å². The molecule has 11 heavy (non-hydrogen) atoms. The first-order valence-electron chi connectivity index (χ1n) is 4.97. The van der Waals surface area contributed by atoms with Crippen molar-refractivity contribution >= 4 is 0 Å². The average Bonchev–Trinajstić information content (AvgIpc) is 1.97. The second kappa shape index (κ2) is 6.66. The highest BCUT2D eigenvalue weighted by Gasteiger charge is 2.09. The smallest absolute Gasteiger partial charge is 0.00386 e. The molecule has 0 amide bonds. The summed E-state index contributed by atoms with van der Waals surface area (Å²) in [5, 5.41) is 0. The molecule has 0 saturated heterocycles. The summed E-state index contributed by atoms with van der Waals surface area (Å²) in [6.07, 6.45) is 6.60. The Morgan fingerprint density at radius 1 is 1.18 bits per heavy atom.